The van der Waals surface area contributed by atoms with Gasteiger partial charge in [0.2, 0.25) is 0 Å². The fraction of sp³-hybridized carbons (Fsp3) is 0.400. The fourth-order valence-corrected chi connectivity index (χ4v) is 1.79. The van der Waals surface area contributed by atoms with E-state index in [0.29, 0.717) is 36.1 Å². The first kappa shape index (κ1) is 15.2. The van der Waals surface area contributed by atoms with Gasteiger partial charge in [-0.2, -0.15) is 10.2 Å². The molecule has 6 heteroatoms. The molecular weight excluding hydrogens is 268 g/mol. The predicted molar refractivity (Wildman–Crippen MR) is 77.1 cm³/mol. The van der Waals surface area contributed by atoms with Crippen LogP contribution < -0.4 is 5.73 Å². The Labute approximate surface area is 123 Å². The van der Waals surface area contributed by atoms with E-state index < -0.39 is 5.54 Å². The molecule has 0 amide bonds. The third kappa shape index (κ3) is 3.66. The normalized spacial score (nSPS) is 13.6. The summed E-state index contributed by atoms with van der Waals surface area (Å²) in [5.41, 5.74) is 6.58. The van der Waals surface area contributed by atoms with Crippen LogP contribution in [0.5, 0.6) is 0 Å². The number of nitriles is 1. The van der Waals surface area contributed by atoms with Crippen LogP contribution in [0.25, 0.3) is 11.5 Å². The lowest BCUT2D eigenvalue weighted by Crippen LogP contribution is -2.39. The number of hydrogen-bond acceptors (Lipinski definition) is 6. The van der Waals surface area contributed by atoms with E-state index in [1.165, 1.54) is 0 Å². The molecule has 21 heavy (non-hydrogen) atoms. The molecule has 1 unspecified atom stereocenters. The van der Waals surface area contributed by atoms with Crippen LogP contribution in [0, 0.1) is 11.3 Å². The van der Waals surface area contributed by atoms with Gasteiger partial charge in [0, 0.05) is 12.2 Å². The van der Waals surface area contributed by atoms with Gasteiger partial charge in [0.1, 0.15) is 5.54 Å². The van der Waals surface area contributed by atoms with Gasteiger partial charge in [-0.3, -0.25) is 0 Å². The first-order chi connectivity index (χ1) is 10.1. The topological polar surface area (TPSA) is 98.0 Å². The number of ether oxygens (including phenoxy) is 1. The smallest absolute Gasteiger partial charge is 0.258 e. The number of benzene rings is 1. The molecule has 0 saturated heterocycles. The van der Waals surface area contributed by atoms with Crippen LogP contribution in [0.3, 0.4) is 0 Å². The maximum Gasteiger partial charge on any atom is 0.258 e. The molecule has 1 aromatic heterocycles. The van der Waals surface area contributed by atoms with Crippen molar-refractivity contribution in [1.29, 1.82) is 5.26 Å². The Hall–Kier alpha value is -2.23. The second-order valence-electron chi connectivity index (χ2n) is 5.09. The summed E-state index contributed by atoms with van der Waals surface area (Å²) >= 11 is 0. The Morgan fingerprint density at radius 3 is 3.00 bits per heavy atom. The minimum Gasteiger partial charge on any atom is -0.379 e. The predicted octanol–water partition coefficient (Wildman–Crippen LogP) is 2.21. The molecule has 0 aliphatic carbocycles. The number of nitrogens with zero attached hydrogens (tertiary/aromatic N) is 3. The van der Waals surface area contributed by atoms with Gasteiger partial charge in [0.05, 0.1) is 18.2 Å². The average molecular weight is 286 g/mol. The second-order valence-corrected chi connectivity index (χ2v) is 5.09. The van der Waals surface area contributed by atoms with E-state index in [0.717, 1.165) is 6.42 Å². The third-order valence-electron chi connectivity index (χ3n) is 2.93. The van der Waals surface area contributed by atoms with Crippen molar-refractivity contribution >= 4 is 0 Å². The Morgan fingerprint density at radius 2 is 2.29 bits per heavy atom. The summed E-state index contributed by atoms with van der Waals surface area (Å²) in [6, 6.07) is 9.05. The van der Waals surface area contributed by atoms with Crippen molar-refractivity contribution < 1.29 is 9.26 Å². The van der Waals surface area contributed by atoms with Crippen molar-refractivity contribution in [2.24, 2.45) is 5.73 Å². The minimum absolute atomic E-state index is 0.318. The van der Waals surface area contributed by atoms with Gasteiger partial charge in [-0.25, -0.2) is 0 Å². The van der Waals surface area contributed by atoms with Crippen LogP contribution in [0.4, 0.5) is 0 Å². The van der Waals surface area contributed by atoms with Crippen molar-refractivity contribution in [3.05, 3.63) is 35.7 Å². The molecule has 1 atom stereocenters. The molecule has 1 aromatic carbocycles. The van der Waals surface area contributed by atoms with Gasteiger partial charge in [-0.1, -0.05) is 18.1 Å². The van der Waals surface area contributed by atoms with Crippen LogP contribution in [0.2, 0.25) is 0 Å². The SMILES string of the molecule is CCCOCC(C)(N)c1noc(-c2cccc(C#N)c2)n1. The number of rotatable bonds is 6. The molecule has 6 nitrogen and oxygen atoms in total. The van der Waals surface area contributed by atoms with E-state index in [9.17, 15) is 0 Å². The van der Waals surface area contributed by atoms with Crippen molar-refractivity contribution in [2.45, 2.75) is 25.8 Å². The highest BCUT2D eigenvalue weighted by atomic mass is 16.5. The Morgan fingerprint density at radius 1 is 1.48 bits per heavy atom. The molecule has 110 valence electrons. The summed E-state index contributed by atoms with van der Waals surface area (Å²) in [6.07, 6.45) is 0.925. The lowest BCUT2D eigenvalue weighted by Gasteiger charge is -2.19. The maximum absolute atomic E-state index is 8.91. The molecule has 0 spiro atoms. The fourth-order valence-electron chi connectivity index (χ4n) is 1.79. The van der Waals surface area contributed by atoms with E-state index in [4.69, 9.17) is 20.3 Å². The van der Waals surface area contributed by atoms with Crippen LogP contribution in [0.15, 0.2) is 28.8 Å². The first-order valence-electron chi connectivity index (χ1n) is 6.78. The Balaban J connectivity index is 2.19. The Kier molecular flexibility index (Phi) is 4.68. The largest absolute Gasteiger partial charge is 0.379 e. The number of nitrogens with two attached hydrogens (primary N) is 1. The van der Waals surface area contributed by atoms with Gasteiger partial charge in [0.15, 0.2) is 5.82 Å². The van der Waals surface area contributed by atoms with E-state index in [1.807, 2.05) is 6.92 Å². The molecule has 0 radical (unpaired) electrons. The van der Waals surface area contributed by atoms with Crippen molar-refractivity contribution in [3.8, 4) is 17.5 Å². The minimum atomic E-state index is -0.816. The lowest BCUT2D eigenvalue weighted by atomic mass is 10.1. The summed E-state index contributed by atoms with van der Waals surface area (Å²) in [5.74, 6) is 0.727. The van der Waals surface area contributed by atoms with Crippen molar-refractivity contribution in [2.75, 3.05) is 13.2 Å². The molecule has 2 aromatic rings. The highest BCUT2D eigenvalue weighted by molar-refractivity contribution is 5.56. The standard InChI is InChI=1S/C15H18N4O2/c1-3-7-20-10-15(2,17)14-18-13(21-19-14)12-6-4-5-11(8-12)9-16/h4-6,8H,3,7,10,17H2,1-2H3. The second kappa shape index (κ2) is 6.48. The lowest BCUT2D eigenvalue weighted by molar-refractivity contribution is 0.0867. The molecule has 0 aliphatic heterocycles. The van der Waals surface area contributed by atoms with Gasteiger partial charge in [0.25, 0.3) is 5.89 Å². The summed E-state index contributed by atoms with van der Waals surface area (Å²) < 4.78 is 10.7. The molecule has 2 N–H and O–H groups in total. The molecule has 0 aliphatic rings. The zero-order valence-corrected chi connectivity index (χ0v) is 12.2. The highest BCUT2D eigenvalue weighted by Crippen LogP contribution is 2.22. The van der Waals surface area contributed by atoms with Crippen LogP contribution in [0.1, 0.15) is 31.7 Å². The van der Waals surface area contributed by atoms with Crippen LogP contribution in [-0.4, -0.2) is 23.4 Å². The van der Waals surface area contributed by atoms with E-state index in [1.54, 1.807) is 31.2 Å². The molecule has 0 saturated carbocycles. The van der Waals surface area contributed by atoms with Crippen LogP contribution >= 0.6 is 0 Å². The average Bonchev–Trinajstić information content (AvgIpc) is 2.98. The van der Waals surface area contributed by atoms with Gasteiger partial charge in [-0.15, -0.1) is 0 Å². The van der Waals surface area contributed by atoms with Crippen LogP contribution in [-0.2, 0) is 10.3 Å². The first-order valence-corrected chi connectivity index (χ1v) is 6.78. The van der Waals surface area contributed by atoms with E-state index in [-0.39, 0.29) is 0 Å². The third-order valence-corrected chi connectivity index (χ3v) is 2.93. The molecule has 0 fully saturated rings. The van der Waals surface area contributed by atoms with E-state index in [2.05, 4.69) is 16.2 Å². The zero-order valence-electron chi connectivity index (χ0n) is 12.2. The molecular formula is C15H18N4O2. The molecule has 1 heterocycles. The van der Waals surface area contributed by atoms with Gasteiger partial charge in [-0.05, 0) is 31.5 Å². The maximum atomic E-state index is 8.91. The van der Waals surface area contributed by atoms with Gasteiger partial charge >= 0.3 is 0 Å². The number of aromatic nitrogens is 2. The Bertz CT molecular complexity index is 643. The van der Waals surface area contributed by atoms with Crippen molar-refractivity contribution in [3.63, 3.8) is 0 Å². The summed E-state index contributed by atoms with van der Waals surface area (Å²) in [5, 5.41) is 12.8. The summed E-state index contributed by atoms with van der Waals surface area (Å²) in [4.78, 5) is 4.31. The van der Waals surface area contributed by atoms with Gasteiger partial charge < -0.3 is 15.0 Å². The number of hydrogen-bond donors (Lipinski definition) is 1. The van der Waals surface area contributed by atoms with Crippen molar-refractivity contribution in [1.82, 2.24) is 10.1 Å². The summed E-state index contributed by atoms with van der Waals surface area (Å²) in [6.45, 7) is 4.78. The van der Waals surface area contributed by atoms with E-state index >= 15 is 0 Å². The monoisotopic (exact) mass is 286 g/mol. The molecule has 0 bridgehead atoms. The quantitative estimate of drug-likeness (QED) is 0.817. The zero-order chi connectivity index (χ0) is 15.3. The molecule has 2 rings (SSSR count). The highest BCUT2D eigenvalue weighted by Gasteiger charge is 2.28. The summed E-state index contributed by atoms with van der Waals surface area (Å²) in [7, 11) is 0.